The van der Waals surface area contributed by atoms with Crippen LogP contribution in [0.5, 0.6) is 0 Å². The summed E-state index contributed by atoms with van der Waals surface area (Å²) in [6.07, 6.45) is 5.04. The highest BCUT2D eigenvalue weighted by Crippen LogP contribution is 2.39. The molecule has 1 aromatic rings. The number of aryl methyl sites for hydroxylation is 1. The number of hydrogen-bond donors (Lipinski definition) is 2. The smallest absolute Gasteiger partial charge is 0.303 e. The van der Waals surface area contributed by atoms with Gasteiger partial charge in [0.25, 0.3) is 5.91 Å². The van der Waals surface area contributed by atoms with E-state index in [4.69, 9.17) is 16.7 Å². The summed E-state index contributed by atoms with van der Waals surface area (Å²) in [5.74, 6) is -0.996. The van der Waals surface area contributed by atoms with E-state index in [9.17, 15) is 9.59 Å². The Hall–Kier alpha value is -1.07. The lowest BCUT2D eigenvalue weighted by atomic mass is 9.71. The Labute approximate surface area is 133 Å². The zero-order valence-electron chi connectivity index (χ0n) is 12.1. The summed E-state index contributed by atoms with van der Waals surface area (Å²) in [4.78, 5) is 23.8. The quantitative estimate of drug-likeness (QED) is 0.861. The van der Waals surface area contributed by atoms with E-state index in [0.29, 0.717) is 16.4 Å². The Balaban J connectivity index is 2.03. The van der Waals surface area contributed by atoms with Gasteiger partial charge in [0.1, 0.15) is 4.88 Å². The largest absolute Gasteiger partial charge is 0.481 e. The molecule has 2 N–H and O–H groups in total. The van der Waals surface area contributed by atoms with Crippen molar-refractivity contribution in [3.8, 4) is 0 Å². The molecule has 1 aliphatic carbocycles. The average molecular weight is 330 g/mol. The van der Waals surface area contributed by atoms with Gasteiger partial charge in [-0.3, -0.25) is 9.59 Å². The van der Waals surface area contributed by atoms with Crippen molar-refractivity contribution >= 4 is 34.8 Å². The van der Waals surface area contributed by atoms with Crippen LogP contribution >= 0.6 is 22.9 Å². The monoisotopic (exact) mass is 329 g/mol. The number of carbonyl (C=O) groups excluding carboxylic acids is 1. The fourth-order valence-electron chi connectivity index (χ4n) is 2.97. The first-order valence-electron chi connectivity index (χ1n) is 7.17. The van der Waals surface area contributed by atoms with Crippen LogP contribution in [0.25, 0.3) is 0 Å². The van der Waals surface area contributed by atoms with Gasteiger partial charge in [-0.15, -0.1) is 11.3 Å². The molecule has 1 amide bonds. The van der Waals surface area contributed by atoms with Crippen molar-refractivity contribution in [1.29, 1.82) is 0 Å². The fraction of sp³-hybridized carbons (Fsp3) is 0.600. The second-order valence-corrected chi connectivity index (χ2v) is 7.13. The molecule has 116 valence electrons. The van der Waals surface area contributed by atoms with Gasteiger partial charge in [0.05, 0.1) is 11.4 Å². The maximum absolute atomic E-state index is 12.2. The second-order valence-electron chi connectivity index (χ2n) is 5.88. The Morgan fingerprint density at radius 1 is 1.38 bits per heavy atom. The first kappa shape index (κ1) is 16.3. The van der Waals surface area contributed by atoms with Gasteiger partial charge >= 0.3 is 5.97 Å². The predicted octanol–water partition coefficient (Wildman–Crippen LogP) is 3.86. The van der Waals surface area contributed by atoms with Gasteiger partial charge in [-0.2, -0.15) is 0 Å². The Morgan fingerprint density at radius 3 is 2.57 bits per heavy atom. The van der Waals surface area contributed by atoms with E-state index >= 15 is 0 Å². The van der Waals surface area contributed by atoms with E-state index in [2.05, 4.69) is 5.32 Å². The number of aliphatic carboxylic acids is 1. The topological polar surface area (TPSA) is 66.4 Å². The summed E-state index contributed by atoms with van der Waals surface area (Å²) in [6.45, 7) is 2.27. The molecule has 0 radical (unpaired) electrons. The summed E-state index contributed by atoms with van der Waals surface area (Å²) in [6, 6.07) is 0. The van der Waals surface area contributed by atoms with Crippen LogP contribution in [0.3, 0.4) is 0 Å². The Kier molecular flexibility index (Phi) is 5.27. The highest BCUT2D eigenvalue weighted by molar-refractivity contribution is 7.13. The van der Waals surface area contributed by atoms with Gasteiger partial charge in [-0.25, -0.2) is 0 Å². The molecule has 1 heterocycles. The number of hydrogen-bond acceptors (Lipinski definition) is 3. The van der Waals surface area contributed by atoms with Crippen molar-refractivity contribution in [1.82, 2.24) is 5.32 Å². The molecule has 0 bridgehead atoms. The van der Waals surface area contributed by atoms with Crippen LogP contribution in [0.2, 0.25) is 5.02 Å². The third-order valence-corrected chi connectivity index (χ3v) is 5.87. The maximum atomic E-state index is 12.2. The van der Waals surface area contributed by atoms with Crippen molar-refractivity contribution in [2.45, 2.75) is 45.4 Å². The van der Waals surface area contributed by atoms with Crippen molar-refractivity contribution in [2.24, 2.45) is 5.41 Å². The first-order valence-corrected chi connectivity index (χ1v) is 8.43. The number of thiophene rings is 1. The van der Waals surface area contributed by atoms with Crippen LogP contribution < -0.4 is 5.32 Å². The number of amides is 1. The molecule has 1 aliphatic rings. The lowest BCUT2D eigenvalue weighted by molar-refractivity contribution is -0.140. The molecule has 0 unspecified atom stereocenters. The van der Waals surface area contributed by atoms with Crippen LogP contribution in [0.4, 0.5) is 0 Å². The molecule has 1 fully saturated rings. The van der Waals surface area contributed by atoms with Gasteiger partial charge in [-0.05, 0) is 36.1 Å². The third-order valence-electron chi connectivity index (χ3n) is 4.17. The minimum Gasteiger partial charge on any atom is -0.481 e. The molecule has 0 spiro atoms. The van der Waals surface area contributed by atoms with Gasteiger partial charge in [0.2, 0.25) is 0 Å². The molecule has 4 nitrogen and oxygen atoms in total. The average Bonchev–Trinajstić information content (AvgIpc) is 2.77. The van der Waals surface area contributed by atoms with Gasteiger partial charge in [-0.1, -0.05) is 30.9 Å². The van der Waals surface area contributed by atoms with E-state index in [1.165, 1.54) is 11.3 Å². The Morgan fingerprint density at radius 2 is 2.05 bits per heavy atom. The molecule has 0 saturated heterocycles. The number of carboxylic acids is 1. The lowest BCUT2D eigenvalue weighted by Gasteiger charge is -2.36. The molecule has 1 aromatic heterocycles. The first-order chi connectivity index (χ1) is 9.93. The summed E-state index contributed by atoms with van der Waals surface area (Å²) in [5, 5.41) is 14.4. The summed E-state index contributed by atoms with van der Waals surface area (Å²) in [5.41, 5.74) is 0.586. The molecule has 0 aromatic carbocycles. The van der Waals surface area contributed by atoms with Gasteiger partial charge < -0.3 is 10.4 Å². The van der Waals surface area contributed by atoms with E-state index in [0.717, 1.165) is 37.7 Å². The number of carbonyl (C=O) groups is 2. The molecule has 2 rings (SSSR count). The molecule has 6 heteroatoms. The van der Waals surface area contributed by atoms with Gasteiger partial charge in [0, 0.05) is 6.54 Å². The fourth-order valence-corrected chi connectivity index (χ4v) is 4.16. The third kappa shape index (κ3) is 3.98. The van der Waals surface area contributed by atoms with Crippen LogP contribution in [0, 0.1) is 12.3 Å². The Bertz CT molecular complexity index is 535. The van der Waals surface area contributed by atoms with Crippen LogP contribution in [-0.2, 0) is 4.79 Å². The number of nitrogens with one attached hydrogen (secondary N) is 1. The van der Waals surface area contributed by atoms with E-state index in [1.807, 2.05) is 12.3 Å². The zero-order valence-corrected chi connectivity index (χ0v) is 13.6. The van der Waals surface area contributed by atoms with E-state index in [-0.39, 0.29) is 17.7 Å². The minimum atomic E-state index is -0.795. The lowest BCUT2D eigenvalue weighted by Crippen LogP contribution is -2.40. The van der Waals surface area contributed by atoms with Crippen molar-refractivity contribution in [2.75, 3.05) is 6.54 Å². The standard InChI is InChI=1S/C15H20ClNO3S/c1-10-8-21-13(12(10)16)14(20)17-9-15(7-11(18)19)5-3-2-4-6-15/h8H,2-7,9H2,1H3,(H,17,20)(H,18,19). The zero-order chi connectivity index (χ0) is 15.5. The summed E-state index contributed by atoms with van der Waals surface area (Å²) >= 11 is 7.42. The van der Waals surface area contributed by atoms with Crippen LogP contribution in [-0.4, -0.2) is 23.5 Å². The van der Waals surface area contributed by atoms with Crippen LogP contribution in [0.15, 0.2) is 5.38 Å². The highest BCUT2D eigenvalue weighted by Gasteiger charge is 2.35. The summed E-state index contributed by atoms with van der Waals surface area (Å²) in [7, 11) is 0. The second kappa shape index (κ2) is 6.79. The van der Waals surface area contributed by atoms with E-state index < -0.39 is 5.97 Å². The number of halogens is 1. The number of rotatable bonds is 5. The molecular weight excluding hydrogens is 310 g/mol. The minimum absolute atomic E-state index is 0.116. The van der Waals surface area contributed by atoms with Crippen LogP contribution in [0.1, 0.15) is 53.8 Å². The molecule has 0 aliphatic heterocycles. The van der Waals surface area contributed by atoms with Gasteiger partial charge in [0.15, 0.2) is 0 Å². The molecule has 21 heavy (non-hydrogen) atoms. The van der Waals surface area contributed by atoms with Crippen molar-refractivity contribution in [3.05, 3.63) is 20.8 Å². The molecule has 1 saturated carbocycles. The SMILES string of the molecule is Cc1csc(C(=O)NCC2(CC(=O)O)CCCCC2)c1Cl. The number of carboxylic acid groups (broad SMARTS) is 1. The van der Waals surface area contributed by atoms with Crippen molar-refractivity contribution in [3.63, 3.8) is 0 Å². The molecular formula is C15H20ClNO3S. The maximum Gasteiger partial charge on any atom is 0.303 e. The van der Waals surface area contributed by atoms with E-state index in [1.54, 1.807) is 0 Å². The normalized spacial score (nSPS) is 17.4. The summed E-state index contributed by atoms with van der Waals surface area (Å²) < 4.78 is 0. The highest BCUT2D eigenvalue weighted by atomic mass is 35.5. The molecule has 0 atom stereocenters. The van der Waals surface area contributed by atoms with Crippen molar-refractivity contribution < 1.29 is 14.7 Å². The predicted molar refractivity (Wildman–Crippen MR) is 84.2 cm³/mol.